The number of pyridine rings is 1. The molecule has 2 rings (SSSR count). The van der Waals surface area contributed by atoms with E-state index >= 15 is 0 Å². The van der Waals surface area contributed by atoms with Gasteiger partial charge in [-0.3, -0.25) is 0 Å². The molecule has 0 radical (unpaired) electrons. The van der Waals surface area contributed by atoms with Gasteiger partial charge in [-0.1, -0.05) is 11.6 Å². The number of halogens is 2. The summed E-state index contributed by atoms with van der Waals surface area (Å²) in [5.74, 6) is 0.713. The van der Waals surface area contributed by atoms with Gasteiger partial charge in [-0.05, 0) is 28.9 Å². The highest BCUT2D eigenvalue weighted by Gasteiger charge is 2.07. The van der Waals surface area contributed by atoms with E-state index < -0.39 is 0 Å². The molecule has 0 fully saturated rings. The molecule has 0 aliphatic carbocycles. The van der Waals surface area contributed by atoms with E-state index in [2.05, 4.69) is 31.0 Å². The number of nitrogens with zero attached hydrogens (tertiary/aromatic N) is 4. The van der Waals surface area contributed by atoms with E-state index in [9.17, 15) is 0 Å². The second-order valence-electron chi connectivity index (χ2n) is 2.67. The van der Waals surface area contributed by atoms with Crippen LogP contribution in [0.1, 0.15) is 5.82 Å². The molecule has 0 atom stereocenters. The first-order valence-corrected chi connectivity index (χ1v) is 5.04. The van der Waals surface area contributed by atoms with Gasteiger partial charge in [-0.15, -0.1) is 0 Å². The van der Waals surface area contributed by atoms with E-state index in [1.54, 1.807) is 17.2 Å². The zero-order valence-electron chi connectivity index (χ0n) is 7.28. The average molecular weight is 274 g/mol. The highest BCUT2D eigenvalue weighted by molar-refractivity contribution is 9.10. The van der Waals surface area contributed by atoms with Gasteiger partial charge >= 0.3 is 0 Å². The Balaban J connectivity index is 2.57. The van der Waals surface area contributed by atoms with Crippen LogP contribution < -0.4 is 0 Å². The highest BCUT2D eigenvalue weighted by Crippen LogP contribution is 2.26. The van der Waals surface area contributed by atoms with Crippen LogP contribution in [0.4, 0.5) is 0 Å². The minimum absolute atomic E-state index is 0.413. The van der Waals surface area contributed by atoms with Gasteiger partial charge in [-0.2, -0.15) is 5.10 Å². The number of rotatable bonds is 1. The first kappa shape index (κ1) is 9.61. The average Bonchev–Trinajstić information content (AvgIpc) is 2.57. The molecule has 2 aromatic rings. The summed E-state index contributed by atoms with van der Waals surface area (Å²) in [5.41, 5.74) is 0.825. The Morgan fingerprint density at radius 2 is 2.21 bits per heavy atom. The van der Waals surface area contributed by atoms with Crippen LogP contribution in [0.15, 0.2) is 23.1 Å². The maximum atomic E-state index is 5.85. The summed E-state index contributed by atoms with van der Waals surface area (Å²) < 4.78 is 2.36. The van der Waals surface area contributed by atoms with E-state index in [4.69, 9.17) is 11.6 Å². The summed E-state index contributed by atoms with van der Waals surface area (Å²) in [6.45, 7) is 1.83. The van der Waals surface area contributed by atoms with Gasteiger partial charge in [0.1, 0.15) is 17.3 Å². The third-order valence-electron chi connectivity index (χ3n) is 1.68. The van der Waals surface area contributed by atoms with Crippen LogP contribution in [0.5, 0.6) is 0 Å². The molecule has 0 bridgehead atoms. The minimum Gasteiger partial charge on any atom is -0.243 e. The van der Waals surface area contributed by atoms with Crippen LogP contribution in [-0.4, -0.2) is 19.7 Å². The Labute approximate surface area is 94.1 Å². The van der Waals surface area contributed by atoms with Crippen molar-refractivity contribution in [1.29, 1.82) is 0 Å². The molecule has 0 saturated carbocycles. The summed E-state index contributed by atoms with van der Waals surface area (Å²) in [4.78, 5) is 7.96. The zero-order valence-corrected chi connectivity index (χ0v) is 9.62. The molecule has 4 nitrogen and oxygen atoms in total. The maximum Gasteiger partial charge on any atom is 0.147 e. The highest BCUT2D eigenvalue weighted by atomic mass is 79.9. The summed E-state index contributed by atoms with van der Waals surface area (Å²) >= 11 is 9.19. The Morgan fingerprint density at radius 1 is 1.43 bits per heavy atom. The topological polar surface area (TPSA) is 43.6 Å². The monoisotopic (exact) mass is 272 g/mol. The Morgan fingerprint density at radius 3 is 2.86 bits per heavy atom. The van der Waals surface area contributed by atoms with Gasteiger partial charge in [-0.25, -0.2) is 14.6 Å². The Bertz CT molecular complexity index is 468. The van der Waals surface area contributed by atoms with Crippen molar-refractivity contribution in [2.45, 2.75) is 6.92 Å². The lowest BCUT2D eigenvalue weighted by atomic mass is 10.4. The van der Waals surface area contributed by atoms with Crippen molar-refractivity contribution in [2.75, 3.05) is 0 Å². The van der Waals surface area contributed by atoms with Gasteiger partial charge < -0.3 is 0 Å². The van der Waals surface area contributed by atoms with Crippen LogP contribution >= 0.6 is 27.5 Å². The van der Waals surface area contributed by atoms with Crippen molar-refractivity contribution < 1.29 is 0 Å². The quantitative estimate of drug-likeness (QED) is 0.749. The zero-order chi connectivity index (χ0) is 10.1. The fraction of sp³-hybridized carbons (Fsp3) is 0.125. The summed E-state index contributed by atoms with van der Waals surface area (Å²) in [6.07, 6.45) is 3.26. The van der Waals surface area contributed by atoms with Crippen LogP contribution in [-0.2, 0) is 0 Å². The van der Waals surface area contributed by atoms with E-state index in [1.165, 1.54) is 0 Å². The largest absolute Gasteiger partial charge is 0.243 e. The molecule has 0 aromatic carbocycles. The number of aromatic nitrogens is 4. The van der Waals surface area contributed by atoms with Crippen molar-refractivity contribution in [2.24, 2.45) is 0 Å². The molecule has 2 aromatic heterocycles. The van der Waals surface area contributed by atoms with Crippen LogP contribution in [0.25, 0.3) is 5.69 Å². The molecule has 0 N–H and O–H groups in total. The molecule has 0 spiro atoms. The van der Waals surface area contributed by atoms with E-state index in [1.807, 2.05) is 13.0 Å². The second-order valence-corrected chi connectivity index (χ2v) is 3.82. The Hall–Kier alpha value is -0.940. The van der Waals surface area contributed by atoms with Crippen molar-refractivity contribution in [3.63, 3.8) is 0 Å². The third-order valence-corrected chi connectivity index (χ3v) is 2.98. The first-order chi connectivity index (χ1) is 6.68. The summed E-state index contributed by atoms with van der Waals surface area (Å²) in [7, 11) is 0. The SMILES string of the molecule is Cc1ncn(-c2ccnc(Cl)c2Br)n1. The first-order valence-electron chi connectivity index (χ1n) is 3.87. The molecule has 14 heavy (non-hydrogen) atoms. The molecule has 0 unspecified atom stereocenters. The second kappa shape index (κ2) is 3.67. The van der Waals surface area contributed by atoms with E-state index in [0.717, 1.165) is 5.69 Å². The molecule has 0 aliphatic heterocycles. The molecule has 72 valence electrons. The van der Waals surface area contributed by atoms with Crippen molar-refractivity contribution >= 4 is 27.5 Å². The smallest absolute Gasteiger partial charge is 0.147 e. The molecule has 2 heterocycles. The summed E-state index contributed by atoms with van der Waals surface area (Å²) in [5, 5.41) is 4.58. The number of hydrogen-bond acceptors (Lipinski definition) is 3. The standard InChI is InChI=1S/C8H6BrClN4/c1-5-12-4-14(13-5)6-2-3-11-8(10)7(6)9/h2-4H,1H3. The van der Waals surface area contributed by atoms with Gasteiger partial charge in [0, 0.05) is 6.20 Å². The predicted molar refractivity (Wildman–Crippen MR) is 56.6 cm³/mol. The molecular weight excluding hydrogens is 267 g/mol. The molecule has 0 amide bonds. The lowest BCUT2D eigenvalue weighted by Crippen LogP contribution is -1.97. The molecular formula is C8H6BrClN4. The summed E-state index contributed by atoms with van der Waals surface area (Å²) in [6, 6.07) is 1.81. The van der Waals surface area contributed by atoms with Gasteiger partial charge in [0.25, 0.3) is 0 Å². The molecule has 6 heteroatoms. The fourth-order valence-electron chi connectivity index (χ4n) is 1.05. The van der Waals surface area contributed by atoms with Crippen molar-refractivity contribution in [3.8, 4) is 5.69 Å². The Kier molecular flexibility index (Phi) is 2.52. The number of hydrogen-bond donors (Lipinski definition) is 0. The fourth-order valence-corrected chi connectivity index (χ4v) is 1.62. The number of aryl methyl sites for hydroxylation is 1. The predicted octanol–water partition coefficient (Wildman–Crippen LogP) is 2.39. The minimum atomic E-state index is 0.413. The van der Waals surface area contributed by atoms with Crippen LogP contribution in [0.3, 0.4) is 0 Å². The molecule has 0 aliphatic rings. The van der Waals surface area contributed by atoms with E-state index in [-0.39, 0.29) is 0 Å². The normalized spacial score (nSPS) is 10.5. The van der Waals surface area contributed by atoms with Gasteiger partial charge in [0.05, 0.1) is 10.2 Å². The molecule has 0 saturated heterocycles. The van der Waals surface area contributed by atoms with Crippen LogP contribution in [0, 0.1) is 6.92 Å². The maximum absolute atomic E-state index is 5.85. The van der Waals surface area contributed by atoms with Crippen molar-refractivity contribution in [1.82, 2.24) is 19.7 Å². The van der Waals surface area contributed by atoms with Gasteiger partial charge in [0.2, 0.25) is 0 Å². The van der Waals surface area contributed by atoms with E-state index in [0.29, 0.717) is 15.5 Å². The van der Waals surface area contributed by atoms with Crippen molar-refractivity contribution in [3.05, 3.63) is 34.0 Å². The third kappa shape index (κ3) is 1.65. The van der Waals surface area contributed by atoms with Crippen LogP contribution in [0.2, 0.25) is 5.15 Å². The lowest BCUT2D eigenvalue weighted by molar-refractivity contribution is 0.856. The van der Waals surface area contributed by atoms with Gasteiger partial charge in [0.15, 0.2) is 0 Å². The lowest BCUT2D eigenvalue weighted by Gasteiger charge is -2.03.